The first-order valence-electron chi connectivity index (χ1n) is 14.0. The van der Waals surface area contributed by atoms with Crippen LogP contribution in [0.15, 0.2) is 0 Å². The van der Waals surface area contributed by atoms with E-state index in [1.54, 1.807) is 62.3 Å². The number of ether oxygens (including phenoxy) is 6. The van der Waals surface area contributed by atoms with Gasteiger partial charge in [-0.05, 0) is 75.3 Å². The van der Waals surface area contributed by atoms with Crippen LogP contribution in [0.2, 0.25) is 0 Å². The first-order chi connectivity index (χ1) is 19.7. The highest BCUT2D eigenvalue weighted by molar-refractivity contribution is 5.76. The Kier molecular flexibility index (Phi) is 17.2. The van der Waals surface area contributed by atoms with Crippen LogP contribution in [0.4, 0.5) is 9.59 Å². The van der Waals surface area contributed by atoms with Crippen LogP contribution in [-0.2, 0) is 47.6 Å². The number of rotatable bonds is 16. The van der Waals surface area contributed by atoms with Crippen molar-refractivity contribution in [3.63, 3.8) is 0 Å². The van der Waals surface area contributed by atoms with E-state index >= 15 is 0 Å². The molecule has 0 unspecified atom stereocenters. The molecule has 0 saturated carbocycles. The van der Waals surface area contributed by atoms with Gasteiger partial charge in [0.05, 0.1) is 16.2 Å². The quantitative estimate of drug-likeness (QED) is 0.111. The lowest BCUT2D eigenvalue weighted by atomic mass is 9.97. The van der Waals surface area contributed by atoms with Crippen molar-refractivity contribution in [1.29, 1.82) is 0 Å². The molecule has 0 heterocycles. The Morgan fingerprint density at radius 2 is 1.00 bits per heavy atom. The standard InChI is InChI=1S/C28H49N3O12/c1-26(2,3)21(33)39-17-38-20(32)11-10-12-29-13-15-31(25(37)43-19-41-23(35)28(7,8)9)16-14-30-24(36)42-18-40-22(34)27(4,5)6/h29H,10-19H2,1-9H3,(H,30,36). The van der Waals surface area contributed by atoms with Gasteiger partial charge >= 0.3 is 36.1 Å². The molecule has 0 aliphatic heterocycles. The van der Waals surface area contributed by atoms with Crippen LogP contribution in [0.5, 0.6) is 0 Å². The molecule has 0 aromatic rings. The Bertz CT molecular complexity index is 933. The second-order valence-electron chi connectivity index (χ2n) is 12.5. The van der Waals surface area contributed by atoms with Crippen LogP contribution < -0.4 is 10.6 Å². The van der Waals surface area contributed by atoms with Gasteiger partial charge in [0.1, 0.15) is 0 Å². The van der Waals surface area contributed by atoms with E-state index < -0.39 is 72.7 Å². The van der Waals surface area contributed by atoms with E-state index in [2.05, 4.69) is 10.6 Å². The normalized spacial score (nSPS) is 11.6. The zero-order valence-electron chi connectivity index (χ0n) is 26.9. The number of amides is 2. The van der Waals surface area contributed by atoms with Crippen molar-refractivity contribution in [2.45, 2.75) is 75.2 Å². The molecule has 248 valence electrons. The molecule has 0 aliphatic carbocycles. The molecule has 15 heteroatoms. The lowest BCUT2D eigenvalue weighted by Gasteiger charge is -2.23. The summed E-state index contributed by atoms with van der Waals surface area (Å²) in [5.41, 5.74) is -2.22. The zero-order valence-corrected chi connectivity index (χ0v) is 26.9. The Morgan fingerprint density at radius 3 is 1.49 bits per heavy atom. The van der Waals surface area contributed by atoms with Crippen LogP contribution >= 0.6 is 0 Å². The summed E-state index contributed by atoms with van der Waals surface area (Å²) in [6.45, 7) is 14.3. The summed E-state index contributed by atoms with van der Waals surface area (Å²) in [6.07, 6.45) is -1.13. The molecule has 43 heavy (non-hydrogen) atoms. The molecule has 0 radical (unpaired) electrons. The molecule has 0 atom stereocenters. The van der Waals surface area contributed by atoms with E-state index in [9.17, 15) is 28.8 Å². The monoisotopic (exact) mass is 619 g/mol. The molecule has 0 fully saturated rings. The van der Waals surface area contributed by atoms with Crippen molar-refractivity contribution in [3.8, 4) is 0 Å². The molecule has 0 saturated heterocycles. The highest BCUT2D eigenvalue weighted by Crippen LogP contribution is 2.16. The van der Waals surface area contributed by atoms with Gasteiger partial charge in [0, 0.05) is 32.6 Å². The molecule has 2 N–H and O–H groups in total. The van der Waals surface area contributed by atoms with Gasteiger partial charge in [-0.1, -0.05) is 0 Å². The average molecular weight is 620 g/mol. The molecule has 0 aromatic carbocycles. The van der Waals surface area contributed by atoms with Crippen molar-refractivity contribution >= 4 is 36.1 Å². The van der Waals surface area contributed by atoms with Gasteiger partial charge in [-0.2, -0.15) is 0 Å². The van der Waals surface area contributed by atoms with Crippen LogP contribution in [0.25, 0.3) is 0 Å². The predicted octanol–water partition coefficient (Wildman–Crippen LogP) is 2.70. The fourth-order valence-electron chi connectivity index (χ4n) is 2.57. The number of nitrogens with zero attached hydrogens (tertiary/aromatic N) is 1. The summed E-state index contributed by atoms with van der Waals surface area (Å²) in [7, 11) is 0. The van der Waals surface area contributed by atoms with Crippen LogP contribution in [0, 0.1) is 16.2 Å². The van der Waals surface area contributed by atoms with Crippen LogP contribution in [0.3, 0.4) is 0 Å². The molecule has 0 spiro atoms. The smallest absolute Gasteiger partial charge is 0.412 e. The lowest BCUT2D eigenvalue weighted by Crippen LogP contribution is -2.43. The van der Waals surface area contributed by atoms with Gasteiger partial charge in [0.15, 0.2) is 0 Å². The second kappa shape index (κ2) is 18.8. The lowest BCUT2D eigenvalue weighted by molar-refractivity contribution is -0.173. The molecular formula is C28H49N3O12. The maximum Gasteiger partial charge on any atom is 0.412 e. The van der Waals surface area contributed by atoms with Crippen LogP contribution in [0.1, 0.15) is 75.2 Å². The minimum absolute atomic E-state index is 0.0181. The van der Waals surface area contributed by atoms with Gasteiger partial charge in [0.25, 0.3) is 0 Å². The summed E-state index contributed by atoms with van der Waals surface area (Å²) >= 11 is 0. The number of carbonyl (C=O) groups is 6. The van der Waals surface area contributed by atoms with Gasteiger partial charge in [-0.15, -0.1) is 0 Å². The van der Waals surface area contributed by atoms with Crippen LogP contribution in [-0.4, -0.2) is 94.1 Å². The number of hydrogen-bond acceptors (Lipinski definition) is 13. The van der Waals surface area contributed by atoms with Gasteiger partial charge < -0.3 is 44.0 Å². The molecule has 15 nitrogen and oxygen atoms in total. The van der Waals surface area contributed by atoms with Gasteiger partial charge in [-0.25, -0.2) is 9.59 Å². The Hall–Kier alpha value is -3.62. The van der Waals surface area contributed by atoms with E-state index in [0.717, 1.165) is 0 Å². The average Bonchev–Trinajstić information content (AvgIpc) is 2.87. The van der Waals surface area contributed by atoms with Crippen molar-refractivity contribution < 1.29 is 57.2 Å². The fourth-order valence-corrected chi connectivity index (χ4v) is 2.57. The predicted molar refractivity (Wildman–Crippen MR) is 152 cm³/mol. The summed E-state index contributed by atoms with van der Waals surface area (Å²) in [5, 5.41) is 5.52. The summed E-state index contributed by atoms with van der Waals surface area (Å²) in [5.74, 6) is -2.08. The zero-order chi connectivity index (χ0) is 33.3. The topological polar surface area (TPSA) is 185 Å². The second-order valence-corrected chi connectivity index (χ2v) is 12.5. The molecule has 0 aromatic heterocycles. The summed E-state index contributed by atoms with van der Waals surface area (Å²) < 4.78 is 29.5. The maximum absolute atomic E-state index is 12.6. The number of carbonyl (C=O) groups excluding carboxylic acids is 6. The van der Waals surface area contributed by atoms with Crippen molar-refractivity contribution in [1.82, 2.24) is 15.5 Å². The first-order valence-corrected chi connectivity index (χ1v) is 14.0. The minimum Gasteiger partial charge on any atom is -0.428 e. The van der Waals surface area contributed by atoms with Crippen molar-refractivity contribution in [3.05, 3.63) is 0 Å². The van der Waals surface area contributed by atoms with E-state index in [4.69, 9.17) is 28.4 Å². The first kappa shape index (κ1) is 39.4. The third kappa shape index (κ3) is 19.2. The molecule has 0 rings (SSSR count). The van der Waals surface area contributed by atoms with E-state index in [-0.39, 0.29) is 26.1 Å². The Labute approximate surface area is 253 Å². The van der Waals surface area contributed by atoms with Crippen molar-refractivity contribution in [2.24, 2.45) is 16.2 Å². The number of alkyl carbamates (subject to hydrolysis) is 1. The Morgan fingerprint density at radius 1 is 0.558 bits per heavy atom. The molecule has 0 aliphatic rings. The van der Waals surface area contributed by atoms with Gasteiger partial charge in [0.2, 0.25) is 20.4 Å². The van der Waals surface area contributed by atoms with Gasteiger partial charge in [-0.3, -0.25) is 19.2 Å². The molecule has 0 bridgehead atoms. The third-order valence-electron chi connectivity index (χ3n) is 5.20. The summed E-state index contributed by atoms with van der Waals surface area (Å²) in [4.78, 5) is 72.9. The Balaban J connectivity index is 4.60. The highest BCUT2D eigenvalue weighted by atomic mass is 16.7. The largest absolute Gasteiger partial charge is 0.428 e. The SMILES string of the molecule is CC(C)(C)C(=O)OCOC(=O)CCCNCCN(CCNC(=O)OCOC(=O)C(C)(C)C)C(=O)OCOC(=O)C(C)(C)C. The minimum atomic E-state index is -0.854. The molecule has 2 amide bonds. The van der Waals surface area contributed by atoms with E-state index in [1.165, 1.54) is 4.90 Å². The third-order valence-corrected chi connectivity index (χ3v) is 5.20. The number of nitrogens with one attached hydrogen (secondary N) is 2. The number of esters is 4. The fraction of sp³-hybridized carbons (Fsp3) is 0.786. The molecular weight excluding hydrogens is 570 g/mol. The van der Waals surface area contributed by atoms with Crippen molar-refractivity contribution in [2.75, 3.05) is 53.1 Å². The maximum atomic E-state index is 12.6. The summed E-state index contributed by atoms with van der Waals surface area (Å²) in [6, 6.07) is 0. The van der Waals surface area contributed by atoms with E-state index in [0.29, 0.717) is 19.5 Å². The number of hydrogen-bond donors (Lipinski definition) is 2. The highest BCUT2D eigenvalue weighted by Gasteiger charge is 2.25. The van der Waals surface area contributed by atoms with E-state index in [1.807, 2.05) is 0 Å².